The topological polar surface area (TPSA) is 36.9 Å². The van der Waals surface area contributed by atoms with Crippen molar-refractivity contribution in [2.24, 2.45) is 0 Å². The fourth-order valence-corrected chi connectivity index (χ4v) is 12.7. The van der Waals surface area contributed by atoms with Gasteiger partial charge in [-0.25, -0.2) is 0 Å². The van der Waals surface area contributed by atoms with Crippen LogP contribution >= 0.6 is 0 Å². The molecule has 0 aromatic carbocycles. The maximum Gasteiger partial charge on any atom is 0.340 e. The molecular weight excluding hydrogens is 348 g/mol. The second kappa shape index (κ2) is 10.6. The molecule has 0 aromatic rings. The van der Waals surface area contributed by atoms with E-state index in [0.717, 1.165) is 0 Å². The van der Waals surface area contributed by atoms with Crippen molar-refractivity contribution in [2.45, 2.75) is 93.8 Å². The summed E-state index contributed by atoms with van der Waals surface area (Å²) in [7, 11) is 3.65. The Bertz CT molecular complexity index is 338. The quantitative estimate of drug-likeness (QED) is 0.365. The molecule has 2 unspecified atom stereocenters. The molecule has 2 fully saturated rings. The molecule has 0 aromatic heterocycles. The zero-order valence-corrected chi connectivity index (χ0v) is 19.0. The molecule has 2 heterocycles. The Morgan fingerprint density at radius 2 is 1.00 bits per heavy atom. The molecule has 0 radical (unpaired) electrons. The Labute approximate surface area is 157 Å². The Hall–Kier alpha value is 0.274. The van der Waals surface area contributed by atoms with Crippen LogP contribution in [0.15, 0.2) is 0 Å². The van der Waals surface area contributed by atoms with Crippen LogP contribution in [0.5, 0.6) is 0 Å². The SMILES string of the molecule is CO[Si]1(OC)CCCCC1CCCCCC1CCCC[Si]1(OC)OC. The maximum atomic E-state index is 5.94. The average molecular weight is 389 g/mol. The first-order chi connectivity index (χ1) is 12.2. The van der Waals surface area contributed by atoms with Crippen LogP contribution in [0.4, 0.5) is 0 Å². The third kappa shape index (κ3) is 5.17. The second-order valence-electron chi connectivity index (χ2n) is 7.96. The van der Waals surface area contributed by atoms with Crippen LogP contribution in [-0.4, -0.2) is 45.6 Å². The molecule has 0 amide bonds. The van der Waals surface area contributed by atoms with Gasteiger partial charge in [0.05, 0.1) is 0 Å². The lowest BCUT2D eigenvalue weighted by molar-refractivity contribution is 0.209. The highest BCUT2D eigenvalue weighted by atomic mass is 28.4. The third-order valence-electron chi connectivity index (χ3n) is 6.89. The summed E-state index contributed by atoms with van der Waals surface area (Å²) < 4.78 is 23.8. The molecule has 0 aliphatic carbocycles. The van der Waals surface area contributed by atoms with Crippen molar-refractivity contribution in [2.75, 3.05) is 28.4 Å². The largest absolute Gasteiger partial charge is 0.397 e. The van der Waals surface area contributed by atoms with Gasteiger partial charge in [-0.2, -0.15) is 0 Å². The molecule has 148 valence electrons. The van der Waals surface area contributed by atoms with Gasteiger partial charge in [0.25, 0.3) is 0 Å². The Morgan fingerprint density at radius 3 is 1.36 bits per heavy atom. The number of hydrogen-bond donors (Lipinski definition) is 0. The van der Waals surface area contributed by atoms with E-state index in [2.05, 4.69) is 0 Å². The molecule has 2 saturated heterocycles. The van der Waals surface area contributed by atoms with Gasteiger partial charge in [-0.15, -0.1) is 0 Å². The van der Waals surface area contributed by atoms with E-state index in [4.69, 9.17) is 17.7 Å². The zero-order chi connectivity index (χ0) is 18.2. The van der Waals surface area contributed by atoms with Gasteiger partial charge in [-0.05, 0) is 37.8 Å². The van der Waals surface area contributed by atoms with Crippen molar-refractivity contribution in [3.63, 3.8) is 0 Å². The Kier molecular flexibility index (Phi) is 9.12. The summed E-state index contributed by atoms with van der Waals surface area (Å²) in [5.74, 6) is 0. The minimum absolute atomic E-state index is 0.692. The van der Waals surface area contributed by atoms with Crippen molar-refractivity contribution in [3.05, 3.63) is 0 Å². The molecule has 0 N–H and O–H groups in total. The van der Waals surface area contributed by atoms with Crippen LogP contribution in [0.1, 0.15) is 70.6 Å². The third-order valence-corrected chi connectivity index (χ3v) is 15.4. The lowest BCUT2D eigenvalue weighted by atomic mass is 10.0. The molecular formula is C19H40O4Si2. The fraction of sp³-hybridized carbons (Fsp3) is 1.00. The molecule has 2 atom stereocenters. The van der Waals surface area contributed by atoms with Gasteiger partial charge in [-0.3, -0.25) is 0 Å². The van der Waals surface area contributed by atoms with E-state index < -0.39 is 17.1 Å². The van der Waals surface area contributed by atoms with E-state index in [9.17, 15) is 0 Å². The van der Waals surface area contributed by atoms with E-state index in [1.165, 1.54) is 82.7 Å². The summed E-state index contributed by atoms with van der Waals surface area (Å²) >= 11 is 0. The fourth-order valence-electron chi connectivity index (χ4n) is 5.30. The first kappa shape index (κ1) is 21.6. The van der Waals surface area contributed by atoms with Crippen molar-refractivity contribution in [1.82, 2.24) is 0 Å². The van der Waals surface area contributed by atoms with Gasteiger partial charge >= 0.3 is 17.1 Å². The zero-order valence-electron chi connectivity index (χ0n) is 17.0. The summed E-state index contributed by atoms with van der Waals surface area (Å²) in [6, 6.07) is 2.37. The van der Waals surface area contributed by atoms with Gasteiger partial charge in [-0.1, -0.05) is 44.9 Å². The Morgan fingerprint density at radius 1 is 0.600 bits per heavy atom. The van der Waals surface area contributed by atoms with Crippen molar-refractivity contribution in [1.29, 1.82) is 0 Å². The summed E-state index contributed by atoms with van der Waals surface area (Å²) in [4.78, 5) is 0. The van der Waals surface area contributed by atoms with E-state index >= 15 is 0 Å². The standard InChI is InChI=1S/C19H40O4Si2/c1-20-24(21-2)16-10-8-14-18(24)12-6-5-7-13-19-15-9-11-17-25(19,22-3)23-4/h18-19H,5-17H2,1-4H3. The minimum atomic E-state index is -1.92. The van der Waals surface area contributed by atoms with E-state index in [-0.39, 0.29) is 0 Å². The van der Waals surface area contributed by atoms with Crippen LogP contribution in [0, 0.1) is 0 Å². The number of hydrogen-bond acceptors (Lipinski definition) is 4. The molecule has 0 spiro atoms. The second-order valence-corrected chi connectivity index (χ2v) is 15.5. The lowest BCUT2D eigenvalue weighted by Gasteiger charge is -2.39. The van der Waals surface area contributed by atoms with E-state index in [0.29, 0.717) is 11.1 Å². The van der Waals surface area contributed by atoms with Crippen molar-refractivity contribution in [3.8, 4) is 0 Å². The molecule has 0 saturated carbocycles. The van der Waals surface area contributed by atoms with Crippen LogP contribution in [-0.2, 0) is 17.7 Å². The summed E-state index contributed by atoms with van der Waals surface area (Å²) in [5, 5.41) is 0. The monoisotopic (exact) mass is 388 g/mol. The normalized spacial score (nSPS) is 28.8. The van der Waals surface area contributed by atoms with Gasteiger partial charge in [0.2, 0.25) is 0 Å². The Balaban J connectivity index is 1.73. The van der Waals surface area contributed by atoms with E-state index in [1.54, 1.807) is 0 Å². The first-order valence-electron chi connectivity index (χ1n) is 10.4. The van der Waals surface area contributed by atoms with Gasteiger partial charge in [0.1, 0.15) is 0 Å². The minimum Gasteiger partial charge on any atom is -0.397 e. The molecule has 2 rings (SSSR count). The summed E-state index contributed by atoms with van der Waals surface area (Å²) in [5.41, 5.74) is 1.38. The van der Waals surface area contributed by atoms with Crippen molar-refractivity contribution < 1.29 is 17.7 Å². The summed E-state index contributed by atoms with van der Waals surface area (Å²) in [6.07, 6.45) is 14.4. The molecule has 25 heavy (non-hydrogen) atoms. The highest BCUT2D eigenvalue weighted by molar-refractivity contribution is 6.69. The van der Waals surface area contributed by atoms with Crippen LogP contribution in [0.3, 0.4) is 0 Å². The summed E-state index contributed by atoms with van der Waals surface area (Å²) in [6.45, 7) is 0. The number of unbranched alkanes of at least 4 members (excludes halogenated alkanes) is 2. The number of rotatable bonds is 10. The smallest absolute Gasteiger partial charge is 0.340 e. The lowest BCUT2D eigenvalue weighted by Crippen LogP contribution is -2.47. The van der Waals surface area contributed by atoms with Gasteiger partial charge in [0, 0.05) is 39.5 Å². The molecule has 2 aliphatic heterocycles. The highest BCUT2D eigenvalue weighted by Crippen LogP contribution is 2.43. The van der Waals surface area contributed by atoms with Crippen LogP contribution < -0.4 is 0 Å². The molecule has 4 nitrogen and oxygen atoms in total. The predicted molar refractivity (Wildman–Crippen MR) is 107 cm³/mol. The van der Waals surface area contributed by atoms with Crippen LogP contribution in [0.25, 0.3) is 0 Å². The van der Waals surface area contributed by atoms with Crippen molar-refractivity contribution >= 4 is 17.1 Å². The van der Waals surface area contributed by atoms with Crippen LogP contribution in [0.2, 0.25) is 23.2 Å². The predicted octanol–water partition coefficient (Wildman–Crippen LogP) is 5.52. The first-order valence-corrected chi connectivity index (χ1v) is 14.6. The molecule has 0 bridgehead atoms. The maximum absolute atomic E-state index is 5.94. The van der Waals surface area contributed by atoms with Gasteiger partial charge in [0.15, 0.2) is 0 Å². The van der Waals surface area contributed by atoms with Gasteiger partial charge < -0.3 is 17.7 Å². The molecule has 6 heteroatoms. The highest BCUT2D eigenvalue weighted by Gasteiger charge is 2.46. The molecule has 2 aliphatic rings. The van der Waals surface area contributed by atoms with E-state index in [1.807, 2.05) is 28.4 Å². The average Bonchev–Trinajstić information content (AvgIpc) is 2.68.